The lowest BCUT2D eigenvalue weighted by Crippen LogP contribution is -2.34. The Balaban J connectivity index is 0.000000421. The zero-order chi connectivity index (χ0) is 33.8. The van der Waals surface area contributed by atoms with E-state index in [1.54, 1.807) is 11.1 Å². The number of carboxylic acid groups (broad SMARTS) is 2. The second-order valence-corrected chi connectivity index (χ2v) is 9.52. The molecule has 2 heterocycles. The Kier molecular flexibility index (Phi) is 13.2. The molecule has 17 heteroatoms. The Bertz CT molecular complexity index is 1360. The number of anilines is 1. The Hall–Kier alpha value is -4.80. The molecule has 1 fully saturated rings. The number of aromatic nitrogens is 2. The highest BCUT2D eigenvalue weighted by Gasteiger charge is 2.38. The highest BCUT2D eigenvalue weighted by molar-refractivity contribution is 5.91. The molecule has 3 aromatic rings. The number of likely N-dealkylation sites (N-methyl/N-ethyl adjacent to an activating group) is 1. The highest BCUT2D eigenvalue weighted by Crippen LogP contribution is 2.33. The molecule has 2 amide bonds. The van der Waals surface area contributed by atoms with E-state index in [0.29, 0.717) is 24.5 Å². The summed E-state index contributed by atoms with van der Waals surface area (Å²) >= 11 is 0. The maximum absolute atomic E-state index is 13.0. The molecule has 1 saturated heterocycles. The van der Waals surface area contributed by atoms with Crippen molar-refractivity contribution in [1.82, 2.24) is 20.0 Å². The number of carbonyl (C=O) groups is 3. The molecule has 0 radical (unpaired) electrons. The maximum Gasteiger partial charge on any atom is 0.490 e. The van der Waals surface area contributed by atoms with Gasteiger partial charge in [0.25, 0.3) is 0 Å². The van der Waals surface area contributed by atoms with Crippen molar-refractivity contribution in [2.24, 2.45) is 0 Å². The molecule has 1 aliphatic rings. The van der Waals surface area contributed by atoms with E-state index in [9.17, 15) is 31.1 Å². The van der Waals surface area contributed by atoms with Gasteiger partial charge in [0, 0.05) is 37.9 Å². The molecule has 1 aliphatic heterocycles. The number of alkyl halides is 6. The summed E-state index contributed by atoms with van der Waals surface area (Å²) in [5, 5.41) is 24.2. The van der Waals surface area contributed by atoms with Gasteiger partial charge in [-0.15, -0.1) is 0 Å². The summed E-state index contributed by atoms with van der Waals surface area (Å²) in [4.78, 5) is 34.9. The van der Waals surface area contributed by atoms with Gasteiger partial charge in [-0.25, -0.2) is 14.4 Å². The van der Waals surface area contributed by atoms with Crippen molar-refractivity contribution in [3.05, 3.63) is 66.5 Å². The number of rotatable bonds is 7. The second kappa shape index (κ2) is 16.3. The first-order valence-corrected chi connectivity index (χ1v) is 13.2. The first kappa shape index (κ1) is 36.4. The van der Waals surface area contributed by atoms with Crippen LogP contribution in [0, 0.1) is 0 Å². The van der Waals surface area contributed by atoms with Gasteiger partial charge in [-0.2, -0.15) is 31.4 Å². The molecule has 0 unspecified atom stereocenters. The van der Waals surface area contributed by atoms with E-state index in [-0.39, 0.29) is 12.1 Å². The highest BCUT2D eigenvalue weighted by atomic mass is 19.4. The Labute approximate surface area is 253 Å². The van der Waals surface area contributed by atoms with Crippen LogP contribution in [-0.4, -0.2) is 93.3 Å². The first-order valence-electron chi connectivity index (χ1n) is 13.2. The molecule has 0 spiro atoms. The molecule has 246 valence electrons. The van der Waals surface area contributed by atoms with Crippen LogP contribution >= 0.6 is 0 Å². The van der Waals surface area contributed by atoms with Gasteiger partial charge in [0.1, 0.15) is 11.9 Å². The Morgan fingerprint density at radius 1 is 1.02 bits per heavy atom. The van der Waals surface area contributed by atoms with Crippen LogP contribution in [0.2, 0.25) is 0 Å². The van der Waals surface area contributed by atoms with Gasteiger partial charge in [-0.1, -0.05) is 36.4 Å². The lowest BCUT2D eigenvalue weighted by molar-refractivity contribution is -0.193. The fourth-order valence-electron chi connectivity index (χ4n) is 3.81. The molecule has 11 nitrogen and oxygen atoms in total. The van der Waals surface area contributed by atoms with Crippen molar-refractivity contribution >= 4 is 23.7 Å². The average Bonchev–Trinajstić information content (AvgIpc) is 3.65. The fraction of sp³-hybridized carbons (Fsp3) is 0.357. The van der Waals surface area contributed by atoms with Crippen LogP contribution in [-0.2, 0) is 16.1 Å². The minimum atomic E-state index is -5.08. The van der Waals surface area contributed by atoms with Crippen molar-refractivity contribution < 1.29 is 55.7 Å². The summed E-state index contributed by atoms with van der Waals surface area (Å²) in [5.41, 5.74) is 3.74. The molecule has 4 N–H and O–H groups in total. The van der Waals surface area contributed by atoms with Gasteiger partial charge in [0.05, 0.1) is 11.9 Å². The number of carboxylic acids is 2. The van der Waals surface area contributed by atoms with E-state index in [1.165, 1.54) is 0 Å². The number of nitrogens with one attached hydrogen (secondary N) is 2. The number of amides is 2. The number of likely N-dealkylation sites (tertiary alicyclic amines) is 1. The topological polar surface area (TPSA) is 148 Å². The second-order valence-electron chi connectivity index (χ2n) is 9.52. The van der Waals surface area contributed by atoms with Crippen LogP contribution in [0.5, 0.6) is 5.75 Å². The standard InChI is InChI=1S/C24H29N5O2.2C2HF3O2/c1-3-29(16-18-7-5-4-6-8-18)24(30)27-22-10-9-19(20-14-25-26-15-20)13-23(22)31-21-11-12-28(2)17-21;2*3-2(4,5)1(6)7/h4-10,13-15,21H,3,11-12,16-17H2,1-2H3,(H,25,26)(H,27,30);2*(H,6,7)/t21-;;/m0../s1. The van der Waals surface area contributed by atoms with Crippen molar-refractivity contribution in [2.45, 2.75) is 38.3 Å². The number of H-pyrrole nitrogens is 1. The third-order valence-electron chi connectivity index (χ3n) is 6.07. The smallest absolute Gasteiger partial charge is 0.487 e. The summed E-state index contributed by atoms with van der Waals surface area (Å²) < 4.78 is 69.8. The van der Waals surface area contributed by atoms with Crippen molar-refractivity contribution in [2.75, 3.05) is 32.0 Å². The molecular formula is C28H31F6N5O6. The molecule has 1 atom stereocenters. The minimum absolute atomic E-state index is 0.104. The third-order valence-corrected chi connectivity index (χ3v) is 6.07. The Morgan fingerprint density at radius 3 is 2.09 bits per heavy atom. The molecule has 2 aromatic carbocycles. The zero-order valence-corrected chi connectivity index (χ0v) is 24.0. The lowest BCUT2D eigenvalue weighted by Gasteiger charge is -2.23. The fourth-order valence-corrected chi connectivity index (χ4v) is 3.81. The normalized spacial score (nSPS) is 14.7. The van der Waals surface area contributed by atoms with Gasteiger partial charge >= 0.3 is 30.3 Å². The molecule has 45 heavy (non-hydrogen) atoms. The predicted molar refractivity (Wildman–Crippen MR) is 149 cm³/mol. The van der Waals surface area contributed by atoms with Gasteiger partial charge in [-0.05, 0) is 43.7 Å². The summed E-state index contributed by atoms with van der Waals surface area (Å²) in [7, 11) is 2.09. The number of ether oxygens (including phenoxy) is 1. The molecule has 4 rings (SSSR count). The SMILES string of the molecule is CCN(Cc1ccccc1)C(=O)Nc1ccc(-c2cn[nH]c2)cc1O[C@H]1CCN(C)C1.O=C(O)C(F)(F)F.O=C(O)C(F)(F)F. The third kappa shape index (κ3) is 12.4. The lowest BCUT2D eigenvalue weighted by atomic mass is 10.1. The average molecular weight is 648 g/mol. The number of hydrogen-bond acceptors (Lipinski definition) is 6. The number of benzene rings is 2. The van der Waals surface area contributed by atoms with Gasteiger partial charge in [-0.3, -0.25) is 5.10 Å². The van der Waals surface area contributed by atoms with E-state index in [0.717, 1.165) is 36.2 Å². The van der Waals surface area contributed by atoms with E-state index >= 15 is 0 Å². The van der Waals surface area contributed by atoms with Crippen LogP contribution < -0.4 is 10.1 Å². The minimum Gasteiger partial charge on any atom is -0.487 e. The summed E-state index contributed by atoms with van der Waals surface area (Å²) in [6, 6.07) is 15.7. The molecule has 0 bridgehead atoms. The van der Waals surface area contributed by atoms with Gasteiger partial charge in [0.2, 0.25) is 0 Å². The summed E-state index contributed by atoms with van der Waals surface area (Å²) in [6.45, 7) is 5.03. The molecule has 1 aromatic heterocycles. The van der Waals surface area contributed by atoms with Gasteiger partial charge in [0.15, 0.2) is 0 Å². The number of hydrogen-bond donors (Lipinski definition) is 4. The predicted octanol–water partition coefficient (Wildman–Crippen LogP) is 5.48. The van der Waals surface area contributed by atoms with Crippen molar-refractivity contribution in [1.29, 1.82) is 0 Å². The van der Waals surface area contributed by atoms with Crippen molar-refractivity contribution in [3.8, 4) is 16.9 Å². The van der Waals surface area contributed by atoms with Crippen LogP contribution in [0.3, 0.4) is 0 Å². The van der Waals surface area contributed by atoms with Crippen LogP contribution in [0.4, 0.5) is 36.8 Å². The molecule has 0 aliphatic carbocycles. The van der Waals surface area contributed by atoms with E-state index < -0.39 is 24.3 Å². The summed E-state index contributed by atoms with van der Waals surface area (Å²) in [6.07, 6.45) is -5.47. The number of halogens is 6. The Morgan fingerprint density at radius 2 is 1.62 bits per heavy atom. The number of aromatic amines is 1. The monoisotopic (exact) mass is 647 g/mol. The first-order chi connectivity index (χ1) is 21.0. The van der Waals surface area contributed by atoms with E-state index in [2.05, 4.69) is 27.5 Å². The maximum atomic E-state index is 13.0. The quantitative estimate of drug-likeness (QED) is 0.247. The number of carbonyl (C=O) groups excluding carboxylic acids is 1. The zero-order valence-electron chi connectivity index (χ0n) is 24.0. The van der Waals surface area contributed by atoms with E-state index in [4.69, 9.17) is 24.5 Å². The largest absolute Gasteiger partial charge is 0.490 e. The van der Waals surface area contributed by atoms with Gasteiger partial charge < -0.3 is 30.1 Å². The number of urea groups is 1. The summed E-state index contributed by atoms with van der Waals surface area (Å²) in [5.74, 6) is -4.83. The van der Waals surface area contributed by atoms with Crippen molar-refractivity contribution in [3.63, 3.8) is 0 Å². The molecule has 0 saturated carbocycles. The van der Waals surface area contributed by atoms with Crippen LogP contribution in [0.1, 0.15) is 18.9 Å². The number of aliphatic carboxylic acids is 2. The van der Waals surface area contributed by atoms with Crippen LogP contribution in [0.25, 0.3) is 11.1 Å². The van der Waals surface area contributed by atoms with E-state index in [1.807, 2.05) is 61.7 Å². The molecular weight excluding hydrogens is 616 g/mol. The number of nitrogens with zero attached hydrogens (tertiary/aromatic N) is 3. The van der Waals surface area contributed by atoms with Crippen LogP contribution in [0.15, 0.2) is 60.9 Å².